The third-order valence-corrected chi connectivity index (χ3v) is 4.52. The molecule has 1 aromatic heterocycles. The fourth-order valence-corrected chi connectivity index (χ4v) is 3.04. The van der Waals surface area contributed by atoms with Crippen LogP contribution in [0.2, 0.25) is 0 Å². The summed E-state index contributed by atoms with van der Waals surface area (Å²) in [5, 5.41) is 3.06. The van der Waals surface area contributed by atoms with Crippen molar-refractivity contribution in [2.75, 3.05) is 0 Å². The molecule has 0 fully saturated rings. The lowest BCUT2D eigenvalue weighted by atomic mass is 9.88. The third-order valence-electron chi connectivity index (χ3n) is 4.52. The summed E-state index contributed by atoms with van der Waals surface area (Å²) in [6.07, 6.45) is 0. The number of amides is 1. The highest BCUT2D eigenvalue weighted by Gasteiger charge is 2.22. The van der Waals surface area contributed by atoms with Gasteiger partial charge in [0.2, 0.25) is 0 Å². The van der Waals surface area contributed by atoms with Gasteiger partial charge in [0, 0.05) is 12.5 Å². The summed E-state index contributed by atoms with van der Waals surface area (Å²) in [5.74, 6) is 0.325. The van der Waals surface area contributed by atoms with Crippen LogP contribution in [-0.2, 0) is 0 Å². The Morgan fingerprint density at radius 3 is 1.92 bits per heavy atom. The van der Waals surface area contributed by atoms with Gasteiger partial charge in [-0.15, -0.1) is 0 Å². The maximum absolute atomic E-state index is 13.1. The number of pyridine rings is 1. The molecule has 0 spiro atoms. The van der Waals surface area contributed by atoms with Gasteiger partial charge in [0.05, 0.1) is 11.7 Å². The van der Waals surface area contributed by atoms with E-state index < -0.39 is 0 Å². The van der Waals surface area contributed by atoms with Gasteiger partial charge < -0.3 is 5.32 Å². The molecule has 4 heteroatoms. The maximum Gasteiger partial charge on any atom is 0.252 e. The van der Waals surface area contributed by atoms with E-state index in [-0.39, 0.29) is 29.6 Å². The van der Waals surface area contributed by atoms with Crippen LogP contribution >= 0.6 is 0 Å². The second-order valence-electron chi connectivity index (χ2n) is 7.32. The molecule has 2 rings (SSSR count). The lowest BCUT2D eigenvalue weighted by molar-refractivity contribution is 0.0936. The van der Waals surface area contributed by atoms with Gasteiger partial charge in [-0.05, 0) is 42.0 Å². The number of carbonyl (C=O) groups is 2. The van der Waals surface area contributed by atoms with E-state index in [9.17, 15) is 9.59 Å². The molecule has 0 saturated carbocycles. The van der Waals surface area contributed by atoms with Crippen molar-refractivity contribution in [2.24, 2.45) is 0 Å². The lowest BCUT2D eigenvalue weighted by Crippen LogP contribution is -2.29. The molecule has 4 nitrogen and oxygen atoms in total. The molecule has 0 bridgehead atoms. The molecule has 0 aliphatic rings. The molecule has 0 aliphatic carbocycles. The highest BCUT2D eigenvalue weighted by molar-refractivity contribution is 5.98. The largest absolute Gasteiger partial charge is 0.344 e. The number of ketones is 1. The molecule has 1 heterocycles. The fraction of sp³-hybridized carbons (Fsp3) is 0.409. The Morgan fingerprint density at radius 2 is 1.42 bits per heavy atom. The molecule has 1 atom stereocenters. The van der Waals surface area contributed by atoms with Crippen molar-refractivity contribution in [3.8, 4) is 0 Å². The maximum atomic E-state index is 13.1. The second kappa shape index (κ2) is 8.26. The van der Waals surface area contributed by atoms with Crippen LogP contribution in [0.3, 0.4) is 0 Å². The van der Waals surface area contributed by atoms with Crippen molar-refractivity contribution in [3.05, 3.63) is 64.5 Å². The molecule has 1 N–H and O–H groups in total. The number of carbonyl (C=O) groups excluding carboxylic acids is 2. The van der Waals surface area contributed by atoms with Gasteiger partial charge >= 0.3 is 0 Å². The Hall–Kier alpha value is -2.49. The van der Waals surface area contributed by atoms with E-state index in [4.69, 9.17) is 0 Å². The number of Topliss-reactive ketones (excluding diaryl/α,β-unsaturated/α-hetero) is 1. The van der Waals surface area contributed by atoms with E-state index in [1.807, 2.05) is 31.2 Å². The fourth-order valence-electron chi connectivity index (χ4n) is 3.04. The van der Waals surface area contributed by atoms with Crippen molar-refractivity contribution in [1.29, 1.82) is 0 Å². The highest BCUT2D eigenvalue weighted by Crippen LogP contribution is 2.28. The SMILES string of the molecule is CC(=O)c1cccc(C(C)NC(=O)c2c(C(C)C)cccc2C(C)C)n1. The number of nitrogens with one attached hydrogen (secondary N) is 1. The van der Waals surface area contributed by atoms with Crippen molar-refractivity contribution in [2.45, 2.75) is 59.4 Å². The van der Waals surface area contributed by atoms with Crippen LogP contribution in [0.4, 0.5) is 0 Å². The minimum atomic E-state index is -0.290. The Balaban J connectivity index is 2.35. The molecule has 1 unspecified atom stereocenters. The monoisotopic (exact) mass is 352 g/mol. The van der Waals surface area contributed by atoms with Crippen molar-refractivity contribution in [1.82, 2.24) is 10.3 Å². The number of hydrogen-bond acceptors (Lipinski definition) is 3. The van der Waals surface area contributed by atoms with E-state index in [2.05, 4.69) is 38.0 Å². The quantitative estimate of drug-likeness (QED) is 0.742. The van der Waals surface area contributed by atoms with Crippen molar-refractivity contribution < 1.29 is 9.59 Å². The molecule has 0 radical (unpaired) electrons. The van der Waals surface area contributed by atoms with Gasteiger partial charge in [-0.25, -0.2) is 4.98 Å². The van der Waals surface area contributed by atoms with Crippen LogP contribution in [-0.4, -0.2) is 16.7 Å². The molecule has 0 saturated heterocycles. The summed E-state index contributed by atoms with van der Waals surface area (Å²) in [5.41, 5.74) is 3.94. The van der Waals surface area contributed by atoms with Crippen LogP contribution in [0, 0.1) is 0 Å². The van der Waals surface area contributed by atoms with E-state index in [1.165, 1.54) is 6.92 Å². The zero-order valence-corrected chi connectivity index (χ0v) is 16.5. The molecule has 0 aliphatic heterocycles. The molecular formula is C22H28N2O2. The number of benzene rings is 1. The van der Waals surface area contributed by atoms with Crippen LogP contribution in [0.25, 0.3) is 0 Å². The number of hydrogen-bond donors (Lipinski definition) is 1. The lowest BCUT2D eigenvalue weighted by Gasteiger charge is -2.21. The normalized spacial score (nSPS) is 12.3. The zero-order chi connectivity index (χ0) is 19.4. The molecule has 2 aromatic rings. The van der Waals surface area contributed by atoms with Crippen molar-refractivity contribution in [3.63, 3.8) is 0 Å². The van der Waals surface area contributed by atoms with E-state index in [1.54, 1.807) is 12.1 Å². The Morgan fingerprint density at radius 1 is 0.885 bits per heavy atom. The summed E-state index contributed by atoms with van der Waals surface area (Å²) in [4.78, 5) is 29.0. The van der Waals surface area contributed by atoms with Gasteiger partial charge in [-0.2, -0.15) is 0 Å². The average Bonchev–Trinajstić information content (AvgIpc) is 2.60. The Bertz CT molecular complexity index is 783. The molecule has 1 aromatic carbocycles. The predicted molar refractivity (Wildman–Crippen MR) is 105 cm³/mol. The first-order valence-corrected chi connectivity index (χ1v) is 9.13. The Labute approximate surface area is 156 Å². The van der Waals surface area contributed by atoms with Crippen molar-refractivity contribution >= 4 is 11.7 Å². The smallest absolute Gasteiger partial charge is 0.252 e. The van der Waals surface area contributed by atoms with E-state index >= 15 is 0 Å². The molecule has 26 heavy (non-hydrogen) atoms. The predicted octanol–water partition coefficient (Wildman–Crippen LogP) is 5.02. The number of aromatic nitrogens is 1. The second-order valence-corrected chi connectivity index (χ2v) is 7.32. The van der Waals surface area contributed by atoms with Gasteiger partial charge in [-0.1, -0.05) is 52.0 Å². The molecular weight excluding hydrogens is 324 g/mol. The van der Waals surface area contributed by atoms with Gasteiger partial charge in [-0.3, -0.25) is 9.59 Å². The first kappa shape index (κ1) is 19.8. The topological polar surface area (TPSA) is 59.1 Å². The van der Waals surface area contributed by atoms with Gasteiger partial charge in [0.15, 0.2) is 5.78 Å². The first-order valence-electron chi connectivity index (χ1n) is 9.13. The zero-order valence-electron chi connectivity index (χ0n) is 16.5. The summed E-state index contributed by atoms with van der Waals surface area (Å²) >= 11 is 0. The van der Waals surface area contributed by atoms with Gasteiger partial charge in [0.25, 0.3) is 5.91 Å². The standard InChI is InChI=1S/C22H28N2O2/c1-13(2)17-9-7-10-18(14(3)4)21(17)22(26)23-15(5)19-11-8-12-20(24-19)16(6)25/h7-15H,1-6H3,(H,23,26). The van der Waals surface area contributed by atoms with Crippen LogP contribution in [0.5, 0.6) is 0 Å². The van der Waals surface area contributed by atoms with Crippen LogP contribution < -0.4 is 5.32 Å². The van der Waals surface area contributed by atoms with Crippen LogP contribution in [0.1, 0.15) is 97.1 Å². The van der Waals surface area contributed by atoms with Crippen LogP contribution in [0.15, 0.2) is 36.4 Å². The summed E-state index contributed by atoms with van der Waals surface area (Å²) < 4.78 is 0. The molecule has 138 valence electrons. The Kier molecular flexibility index (Phi) is 6.30. The summed E-state index contributed by atoms with van der Waals surface area (Å²) in [6.45, 7) is 11.8. The minimum absolute atomic E-state index is 0.0855. The third kappa shape index (κ3) is 4.37. The average molecular weight is 352 g/mol. The number of nitrogens with zero attached hydrogens (tertiary/aromatic N) is 1. The summed E-state index contributed by atoms with van der Waals surface area (Å²) in [6, 6.07) is 11.1. The van der Waals surface area contributed by atoms with E-state index in [0.29, 0.717) is 11.4 Å². The first-order chi connectivity index (χ1) is 12.2. The number of rotatable bonds is 6. The highest BCUT2D eigenvalue weighted by atomic mass is 16.1. The van der Waals surface area contributed by atoms with Gasteiger partial charge in [0.1, 0.15) is 5.69 Å². The minimum Gasteiger partial charge on any atom is -0.344 e. The molecule has 1 amide bonds. The van der Waals surface area contributed by atoms with E-state index in [0.717, 1.165) is 16.7 Å². The summed E-state index contributed by atoms with van der Waals surface area (Å²) in [7, 11) is 0.